The number of hydrogen-bond donors (Lipinski definition) is 1. The van der Waals surface area contributed by atoms with Gasteiger partial charge in [0.15, 0.2) is 0 Å². The van der Waals surface area contributed by atoms with E-state index >= 15 is 0 Å². The van der Waals surface area contributed by atoms with Crippen molar-refractivity contribution in [1.82, 2.24) is 20.4 Å². The molecule has 1 N–H and O–H groups in total. The molecule has 0 amide bonds. The Morgan fingerprint density at radius 2 is 2.00 bits per heavy atom. The molecule has 0 aliphatic carbocycles. The number of rotatable bonds is 5. The third-order valence-corrected chi connectivity index (χ3v) is 3.06. The second kappa shape index (κ2) is 5.79. The van der Waals surface area contributed by atoms with Gasteiger partial charge in [-0.2, -0.15) is 4.98 Å². The van der Waals surface area contributed by atoms with Crippen molar-refractivity contribution in [3.8, 4) is 11.5 Å². The minimum atomic E-state index is 0.544. The Balaban J connectivity index is 1.83. The third kappa shape index (κ3) is 2.67. The predicted molar refractivity (Wildman–Crippen MR) is 77.3 cm³/mol. The molecule has 2 heterocycles. The highest BCUT2D eigenvalue weighted by molar-refractivity contribution is 5.80. The lowest BCUT2D eigenvalue weighted by atomic mass is 10.2. The van der Waals surface area contributed by atoms with Gasteiger partial charge < -0.3 is 9.84 Å². The van der Waals surface area contributed by atoms with Crippen molar-refractivity contribution < 1.29 is 4.52 Å². The standard InChI is InChI=1S/C15H16N4O/c1-2-16-10-9-14-18-15(19-20-14)13-8-7-11-5-3-4-6-12(11)17-13/h3-8,16H,2,9-10H2,1H3. The van der Waals surface area contributed by atoms with Gasteiger partial charge in [-0.1, -0.05) is 36.3 Å². The lowest BCUT2D eigenvalue weighted by molar-refractivity contribution is 0.376. The lowest BCUT2D eigenvalue weighted by Crippen LogP contribution is -2.16. The number of fused-ring (bicyclic) bond motifs is 1. The van der Waals surface area contributed by atoms with Gasteiger partial charge in [-0.25, -0.2) is 4.98 Å². The number of pyridine rings is 1. The number of likely N-dealkylation sites (N-methyl/N-ethyl adjacent to an activating group) is 1. The summed E-state index contributed by atoms with van der Waals surface area (Å²) in [7, 11) is 0. The van der Waals surface area contributed by atoms with E-state index in [0.29, 0.717) is 11.7 Å². The molecule has 20 heavy (non-hydrogen) atoms. The van der Waals surface area contributed by atoms with Gasteiger partial charge >= 0.3 is 0 Å². The molecule has 0 unspecified atom stereocenters. The summed E-state index contributed by atoms with van der Waals surface area (Å²) in [6.07, 6.45) is 0.731. The van der Waals surface area contributed by atoms with Crippen LogP contribution >= 0.6 is 0 Å². The molecule has 5 nitrogen and oxygen atoms in total. The number of nitrogens with one attached hydrogen (secondary N) is 1. The highest BCUT2D eigenvalue weighted by atomic mass is 16.5. The predicted octanol–water partition coefficient (Wildman–Crippen LogP) is 2.44. The van der Waals surface area contributed by atoms with Crippen molar-refractivity contribution >= 4 is 10.9 Å². The van der Waals surface area contributed by atoms with Crippen LogP contribution in [-0.4, -0.2) is 28.2 Å². The molecule has 5 heteroatoms. The van der Waals surface area contributed by atoms with E-state index in [2.05, 4.69) is 27.4 Å². The summed E-state index contributed by atoms with van der Waals surface area (Å²) in [4.78, 5) is 8.93. The van der Waals surface area contributed by atoms with Crippen LogP contribution in [0.4, 0.5) is 0 Å². The van der Waals surface area contributed by atoms with E-state index in [0.717, 1.165) is 36.1 Å². The van der Waals surface area contributed by atoms with E-state index < -0.39 is 0 Å². The molecular weight excluding hydrogens is 252 g/mol. The van der Waals surface area contributed by atoms with E-state index in [1.165, 1.54) is 0 Å². The smallest absolute Gasteiger partial charge is 0.228 e. The fourth-order valence-electron chi connectivity index (χ4n) is 2.02. The monoisotopic (exact) mass is 268 g/mol. The Morgan fingerprint density at radius 3 is 2.90 bits per heavy atom. The molecule has 102 valence electrons. The van der Waals surface area contributed by atoms with Crippen molar-refractivity contribution in [3.63, 3.8) is 0 Å². The molecule has 0 fully saturated rings. The highest BCUT2D eigenvalue weighted by Gasteiger charge is 2.10. The van der Waals surface area contributed by atoms with Crippen LogP contribution in [0.3, 0.4) is 0 Å². The second-order valence-electron chi connectivity index (χ2n) is 4.50. The van der Waals surface area contributed by atoms with Gasteiger partial charge in [0, 0.05) is 18.4 Å². The first-order valence-corrected chi connectivity index (χ1v) is 6.76. The van der Waals surface area contributed by atoms with Crippen LogP contribution in [0.5, 0.6) is 0 Å². The maximum absolute atomic E-state index is 5.24. The first-order valence-electron chi connectivity index (χ1n) is 6.76. The van der Waals surface area contributed by atoms with E-state index in [4.69, 9.17) is 4.52 Å². The van der Waals surface area contributed by atoms with Crippen LogP contribution in [0, 0.1) is 0 Å². The lowest BCUT2D eigenvalue weighted by Gasteiger charge is -1.98. The summed E-state index contributed by atoms with van der Waals surface area (Å²) >= 11 is 0. The first kappa shape index (κ1) is 12.7. The van der Waals surface area contributed by atoms with Crippen molar-refractivity contribution in [2.75, 3.05) is 13.1 Å². The molecule has 0 saturated heterocycles. The molecule has 0 spiro atoms. The number of para-hydroxylation sites is 1. The fourth-order valence-corrected chi connectivity index (χ4v) is 2.02. The fraction of sp³-hybridized carbons (Fsp3) is 0.267. The molecule has 3 rings (SSSR count). The molecule has 3 aromatic rings. The Kier molecular flexibility index (Phi) is 3.69. The molecule has 0 saturated carbocycles. The number of aromatic nitrogens is 3. The maximum Gasteiger partial charge on any atom is 0.228 e. The van der Waals surface area contributed by atoms with Gasteiger partial charge in [0.2, 0.25) is 11.7 Å². The van der Waals surface area contributed by atoms with Crippen molar-refractivity contribution in [2.45, 2.75) is 13.3 Å². The third-order valence-electron chi connectivity index (χ3n) is 3.06. The van der Waals surface area contributed by atoms with E-state index in [1.807, 2.05) is 36.4 Å². The second-order valence-corrected chi connectivity index (χ2v) is 4.50. The largest absolute Gasteiger partial charge is 0.339 e. The van der Waals surface area contributed by atoms with Gasteiger partial charge in [-0.15, -0.1) is 0 Å². The van der Waals surface area contributed by atoms with Gasteiger partial charge in [-0.3, -0.25) is 0 Å². The zero-order valence-corrected chi connectivity index (χ0v) is 11.3. The quantitative estimate of drug-likeness (QED) is 0.720. The molecule has 1 aromatic carbocycles. The highest BCUT2D eigenvalue weighted by Crippen LogP contribution is 2.18. The van der Waals surface area contributed by atoms with Crippen molar-refractivity contribution in [3.05, 3.63) is 42.3 Å². The SMILES string of the molecule is CCNCCc1nc(-c2ccc3ccccc3n2)no1. The average Bonchev–Trinajstić information content (AvgIpc) is 2.96. The van der Waals surface area contributed by atoms with Crippen molar-refractivity contribution in [2.24, 2.45) is 0 Å². The van der Waals surface area contributed by atoms with E-state index in [9.17, 15) is 0 Å². The molecule has 0 radical (unpaired) electrons. The van der Waals surface area contributed by atoms with Crippen LogP contribution in [0.2, 0.25) is 0 Å². The molecule has 0 aliphatic rings. The first-order chi connectivity index (χ1) is 9.86. The van der Waals surface area contributed by atoms with E-state index in [1.54, 1.807) is 0 Å². The van der Waals surface area contributed by atoms with Crippen LogP contribution in [0.15, 0.2) is 40.9 Å². The summed E-state index contributed by atoms with van der Waals surface area (Å²) in [5, 5.41) is 8.33. The summed E-state index contributed by atoms with van der Waals surface area (Å²) in [6, 6.07) is 11.9. The summed E-state index contributed by atoms with van der Waals surface area (Å²) in [5.74, 6) is 1.18. The van der Waals surface area contributed by atoms with Crippen LogP contribution in [0.25, 0.3) is 22.4 Å². The number of benzene rings is 1. The van der Waals surface area contributed by atoms with Crippen LogP contribution in [0.1, 0.15) is 12.8 Å². The summed E-state index contributed by atoms with van der Waals surface area (Å²) < 4.78 is 5.24. The van der Waals surface area contributed by atoms with Gasteiger partial charge in [0.05, 0.1) is 5.52 Å². The summed E-state index contributed by atoms with van der Waals surface area (Å²) in [6.45, 7) is 3.84. The topological polar surface area (TPSA) is 63.8 Å². The zero-order chi connectivity index (χ0) is 13.8. The Hall–Kier alpha value is -2.27. The average molecular weight is 268 g/mol. The van der Waals surface area contributed by atoms with Crippen LogP contribution < -0.4 is 5.32 Å². The molecular formula is C15H16N4O. The van der Waals surface area contributed by atoms with E-state index in [-0.39, 0.29) is 0 Å². The molecule has 2 aromatic heterocycles. The normalized spacial score (nSPS) is 11.1. The Labute approximate surface area is 117 Å². The van der Waals surface area contributed by atoms with Gasteiger partial charge in [0.1, 0.15) is 5.69 Å². The van der Waals surface area contributed by atoms with Gasteiger partial charge in [0.25, 0.3) is 0 Å². The van der Waals surface area contributed by atoms with Gasteiger partial charge in [-0.05, 0) is 18.7 Å². The molecule has 0 aliphatic heterocycles. The molecule has 0 bridgehead atoms. The molecule has 0 atom stereocenters. The minimum absolute atomic E-state index is 0.544. The number of nitrogens with zero attached hydrogens (tertiary/aromatic N) is 3. The van der Waals surface area contributed by atoms with Crippen LogP contribution in [-0.2, 0) is 6.42 Å². The zero-order valence-electron chi connectivity index (χ0n) is 11.3. The van der Waals surface area contributed by atoms with Crippen molar-refractivity contribution in [1.29, 1.82) is 0 Å². The number of hydrogen-bond acceptors (Lipinski definition) is 5. The Morgan fingerprint density at radius 1 is 1.10 bits per heavy atom. The Bertz CT molecular complexity index is 708. The minimum Gasteiger partial charge on any atom is -0.339 e. The maximum atomic E-state index is 5.24. The summed E-state index contributed by atoms with van der Waals surface area (Å²) in [5.41, 5.74) is 1.67.